The Morgan fingerprint density at radius 2 is 1.81 bits per heavy atom. The highest BCUT2D eigenvalue weighted by atomic mass is 31.2. The van der Waals surface area contributed by atoms with E-state index in [1.807, 2.05) is 6.07 Å². The number of fused-ring (bicyclic) bond motifs is 1. The molecule has 2 aliphatic rings. The van der Waals surface area contributed by atoms with Crippen molar-refractivity contribution in [2.24, 2.45) is 0 Å². The van der Waals surface area contributed by atoms with E-state index in [0.717, 1.165) is 18.8 Å². The van der Waals surface area contributed by atoms with Crippen molar-refractivity contribution in [1.82, 2.24) is 0 Å². The molecule has 1 aromatic carbocycles. The third-order valence-electron chi connectivity index (χ3n) is 2.78. The molecule has 1 unspecified atom stereocenters. The van der Waals surface area contributed by atoms with Gasteiger partial charge < -0.3 is 18.5 Å². The molecule has 1 atom stereocenters. The minimum atomic E-state index is -3.36. The normalized spacial score (nSPS) is 23.6. The van der Waals surface area contributed by atoms with E-state index < -0.39 is 7.82 Å². The third kappa shape index (κ3) is 1.15. The summed E-state index contributed by atoms with van der Waals surface area (Å²) in [5.74, 6) is 1.55. The van der Waals surface area contributed by atoms with Crippen molar-refractivity contribution in [3.63, 3.8) is 0 Å². The molecule has 0 saturated heterocycles. The summed E-state index contributed by atoms with van der Waals surface area (Å²) < 4.78 is 27.3. The summed E-state index contributed by atoms with van der Waals surface area (Å²) in [6, 6.07) is 3.67. The average Bonchev–Trinajstić information content (AvgIpc) is 2.76. The standard InChI is InChI=1S/C10H12NO4P/c1-3-11(4-2)7-5-6-8-10-9(7)14-16(12,13-8)15-10/h5-6H,3-4H2,1-2H3. The summed E-state index contributed by atoms with van der Waals surface area (Å²) in [7, 11) is -3.36. The Morgan fingerprint density at radius 3 is 2.44 bits per heavy atom. The van der Waals surface area contributed by atoms with Crippen LogP contribution in [0.25, 0.3) is 0 Å². The lowest BCUT2D eigenvalue weighted by Crippen LogP contribution is -2.22. The first kappa shape index (κ1) is 9.85. The van der Waals surface area contributed by atoms with Crippen molar-refractivity contribution >= 4 is 13.5 Å². The molecule has 0 radical (unpaired) electrons. The number of phosphoric acid groups is 1. The molecule has 2 aliphatic heterocycles. The van der Waals surface area contributed by atoms with Gasteiger partial charge >= 0.3 is 7.82 Å². The van der Waals surface area contributed by atoms with Crippen LogP contribution < -0.4 is 18.5 Å². The van der Waals surface area contributed by atoms with E-state index >= 15 is 0 Å². The summed E-state index contributed by atoms with van der Waals surface area (Å²) in [4.78, 5) is 2.12. The number of hydrogen-bond donors (Lipinski definition) is 0. The first-order chi connectivity index (χ1) is 7.67. The van der Waals surface area contributed by atoms with E-state index in [1.165, 1.54) is 0 Å². The van der Waals surface area contributed by atoms with Gasteiger partial charge in [-0.15, -0.1) is 0 Å². The van der Waals surface area contributed by atoms with Crippen molar-refractivity contribution in [2.75, 3.05) is 18.0 Å². The second-order valence-electron chi connectivity index (χ2n) is 3.63. The van der Waals surface area contributed by atoms with Crippen molar-refractivity contribution in [3.05, 3.63) is 12.1 Å². The van der Waals surface area contributed by atoms with Gasteiger partial charge in [0.15, 0.2) is 5.75 Å². The Hall–Kier alpha value is -1.35. The van der Waals surface area contributed by atoms with Crippen LogP contribution in [0.3, 0.4) is 0 Å². The van der Waals surface area contributed by atoms with Crippen molar-refractivity contribution in [2.45, 2.75) is 13.8 Å². The lowest BCUT2D eigenvalue weighted by Gasteiger charge is -2.23. The highest BCUT2D eigenvalue weighted by Gasteiger charge is 2.51. The van der Waals surface area contributed by atoms with Crippen LogP contribution in [-0.2, 0) is 4.57 Å². The number of nitrogens with zero attached hydrogens (tertiary/aromatic N) is 1. The second kappa shape index (κ2) is 3.08. The molecule has 2 heterocycles. The van der Waals surface area contributed by atoms with Crippen LogP contribution in [-0.4, -0.2) is 13.1 Å². The maximum absolute atomic E-state index is 11.8. The van der Waals surface area contributed by atoms with Crippen LogP contribution >= 0.6 is 7.82 Å². The summed E-state index contributed by atoms with van der Waals surface area (Å²) in [6.45, 7) is 5.83. The monoisotopic (exact) mass is 241 g/mol. The smallest absolute Gasteiger partial charge is 0.382 e. The van der Waals surface area contributed by atoms with Gasteiger partial charge in [-0.2, -0.15) is 4.57 Å². The molecule has 6 heteroatoms. The largest absolute Gasteiger partial charge is 0.647 e. The van der Waals surface area contributed by atoms with E-state index in [9.17, 15) is 4.57 Å². The third-order valence-corrected chi connectivity index (χ3v) is 4.01. The molecule has 0 fully saturated rings. The van der Waals surface area contributed by atoms with E-state index in [2.05, 4.69) is 18.7 Å². The number of phosphoric ester groups is 1. The molecular formula is C10H12NO4P. The van der Waals surface area contributed by atoms with E-state index in [-0.39, 0.29) is 0 Å². The molecular weight excluding hydrogens is 229 g/mol. The maximum atomic E-state index is 11.8. The minimum absolute atomic E-state index is 0.479. The molecule has 0 aromatic heterocycles. The zero-order chi connectivity index (χ0) is 11.3. The molecule has 0 saturated carbocycles. The Bertz CT molecular complexity index is 498. The Kier molecular flexibility index (Phi) is 1.89. The van der Waals surface area contributed by atoms with Gasteiger partial charge in [-0.05, 0) is 26.0 Å². The van der Waals surface area contributed by atoms with Gasteiger partial charge in [0.05, 0.1) is 5.69 Å². The van der Waals surface area contributed by atoms with E-state index in [4.69, 9.17) is 13.6 Å². The van der Waals surface area contributed by atoms with Crippen LogP contribution in [0.15, 0.2) is 12.1 Å². The summed E-state index contributed by atoms with van der Waals surface area (Å²) in [6.07, 6.45) is 0. The van der Waals surface area contributed by atoms with E-state index in [1.54, 1.807) is 6.07 Å². The van der Waals surface area contributed by atoms with Gasteiger partial charge in [0.2, 0.25) is 11.5 Å². The van der Waals surface area contributed by atoms with Crippen LogP contribution in [0.2, 0.25) is 0 Å². The molecule has 0 aliphatic carbocycles. The van der Waals surface area contributed by atoms with Gasteiger partial charge in [0, 0.05) is 13.1 Å². The van der Waals surface area contributed by atoms with Gasteiger partial charge in [-0.3, -0.25) is 0 Å². The fourth-order valence-electron chi connectivity index (χ4n) is 1.99. The fourth-order valence-corrected chi connectivity index (χ4v) is 3.29. The molecule has 5 nitrogen and oxygen atoms in total. The van der Waals surface area contributed by atoms with Crippen molar-refractivity contribution < 1.29 is 18.1 Å². The second-order valence-corrected chi connectivity index (χ2v) is 5.08. The maximum Gasteiger partial charge on any atom is 0.647 e. The molecule has 1 aromatic rings. The number of benzene rings is 1. The Labute approximate surface area is 93.5 Å². The SMILES string of the molecule is CCN(CC)c1ccc2c3c1OP(=O)(O2)O3. The summed E-state index contributed by atoms with van der Waals surface area (Å²) in [5, 5.41) is 0. The number of rotatable bonds is 3. The predicted octanol–water partition coefficient (Wildman–Crippen LogP) is 2.80. The van der Waals surface area contributed by atoms with Crippen LogP contribution in [0.1, 0.15) is 13.8 Å². The van der Waals surface area contributed by atoms with Crippen LogP contribution in [0.4, 0.5) is 5.69 Å². The lowest BCUT2D eigenvalue weighted by molar-refractivity contribution is 0.354. The number of hydrogen-bond acceptors (Lipinski definition) is 5. The fraction of sp³-hybridized carbons (Fsp3) is 0.400. The minimum Gasteiger partial charge on any atom is -0.382 e. The molecule has 0 spiro atoms. The summed E-state index contributed by atoms with van der Waals surface area (Å²) >= 11 is 0. The highest BCUT2D eigenvalue weighted by Crippen LogP contribution is 2.70. The van der Waals surface area contributed by atoms with Crippen molar-refractivity contribution in [1.29, 1.82) is 0 Å². The first-order valence-corrected chi connectivity index (χ1v) is 6.73. The zero-order valence-electron chi connectivity index (χ0n) is 9.10. The Balaban J connectivity index is 2.12. The molecule has 0 N–H and O–H groups in total. The summed E-state index contributed by atoms with van der Waals surface area (Å²) in [5.41, 5.74) is 0.907. The predicted molar refractivity (Wildman–Crippen MR) is 59.5 cm³/mol. The molecule has 2 bridgehead atoms. The molecule has 16 heavy (non-hydrogen) atoms. The van der Waals surface area contributed by atoms with Crippen LogP contribution in [0, 0.1) is 0 Å². The van der Waals surface area contributed by atoms with Crippen LogP contribution in [0.5, 0.6) is 17.2 Å². The Morgan fingerprint density at radius 1 is 1.12 bits per heavy atom. The molecule has 0 amide bonds. The average molecular weight is 241 g/mol. The van der Waals surface area contributed by atoms with Gasteiger partial charge in [-0.25, -0.2) is 0 Å². The quantitative estimate of drug-likeness (QED) is 0.761. The van der Waals surface area contributed by atoms with E-state index in [0.29, 0.717) is 17.2 Å². The lowest BCUT2D eigenvalue weighted by atomic mass is 10.2. The topological polar surface area (TPSA) is 48.0 Å². The first-order valence-electron chi connectivity index (χ1n) is 5.27. The van der Waals surface area contributed by atoms with Gasteiger partial charge in [0.1, 0.15) is 0 Å². The van der Waals surface area contributed by atoms with Crippen molar-refractivity contribution in [3.8, 4) is 17.2 Å². The molecule has 3 rings (SSSR count). The van der Waals surface area contributed by atoms with Gasteiger partial charge in [0.25, 0.3) is 0 Å². The number of anilines is 1. The highest BCUT2D eigenvalue weighted by molar-refractivity contribution is 7.50. The van der Waals surface area contributed by atoms with Gasteiger partial charge in [-0.1, -0.05) is 0 Å². The zero-order valence-corrected chi connectivity index (χ0v) is 9.99. The molecule has 86 valence electrons.